The number of amides is 2. The quantitative estimate of drug-likeness (QED) is 0.351. The Kier molecular flexibility index (Phi) is 12.1. The third-order valence-electron chi connectivity index (χ3n) is 6.45. The van der Waals surface area contributed by atoms with Crippen LogP contribution in [0.5, 0.6) is 5.75 Å². The van der Waals surface area contributed by atoms with E-state index in [0.717, 1.165) is 23.8 Å². The highest BCUT2D eigenvalue weighted by molar-refractivity contribution is 7.92. The van der Waals surface area contributed by atoms with Crippen molar-refractivity contribution in [3.05, 3.63) is 59.7 Å². The predicted octanol–water partition coefficient (Wildman–Crippen LogP) is 4.66. The molecule has 1 N–H and O–H groups in total. The van der Waals surface area contributed by atoms with E-state index >= 15 is 0 Å². The molecule has 0 saturated carbocycles. The Bertz CT molecular complexity index is 1150. The molecule has 0 radical (unpaired) electrons. The van der Waals surface area contributed by atoms with E-state index in [1.54, 1.807) is 29.2 Å². The Labute approximate surface area is 228 Å². The lowest BCUT2D eigenvalue weighted by atomic mass is 10.1. The average Bonchev–Trinajstić information content (AvgIpc) is 2.87. The van der Waals surface area contributed by atoms with Crippen molar-refractivity contribution in [2.24, 2.45) is 0 Å². The van der Waals surface area contributed by atoms with Gasteiger partial charge in [0.2, 0.25) is 21.8 Å². The third kappa shape index (κ3) is 9.04. The molecule has 2 rings (SSSR count). The Balaban J connectivity index is 2.25. The largest absolute Gasteiger partial charge is 0.492 e. The number of anilines is 1. The molecule has 9 heteroatoms. The number of carbonyl (C=O) groups excluding carboxylic acids is 2. The fourth-order valence-corrected chi connectivity index (χ4v) is 5.14. The van der Waals surface area contributed by atoms with Gasteiger partial charge in [-0.15, -0.1) is 0 Å². The minimum Gasteiger partial charge on any atom is -0.492 e. The van der Waals surface area contributed by atoms with Crippen LogP contribution < -0.4 is 14.4 Å². The number of benzene rings is 2. The van der Waals surface area contributed by atoms with E-state index in [2.05, 4.69) is 5.32 Å². The van der Waals surface area contributed by atoms with Crippen molar-refractivity contribution < 1.29 is 22.7 Å². The molecule has 0 bridgehead atoms. The van der Waals surface area contributed by atoms with Crippen LogP contribution in [0.15, 0.2) is 48.5 Å². The van der Waals surface area contributed by atoms with Gasteiger partial charge >= 0.3 is 0 Å². The average molecular weight is 546 g/mol. The van der Waals surface area contributed by atoms with Crippen molar-refractivity contribution in [3.8, 4) is 5.75 Å². The number of carbonyl (C=O) groups is 2. The summed E-state index contributed by atoms with van der Waals surface area (Å²) in [6.45, 7) is 10.5. The minimum atomic E-state index is -3.62. The number of nitrogens with zero attached hydrogens (tertiary/aromatic N) is 2. The van der Waals surface area contributed by atoms with Crippen molar-refractivity contribution in [3.63, 3.8) is 0 Å². The molecule has 0 aliphatic heterocycles. The Morgan fingerprint density at radius 3 is 2.24 bits per heavy atom. The molecule has 0 heterocycles. The number of hydrogen-bond donors (Lipinski definition) is 1. The third-order valence-corrected chi connectivity index (χ3v) is 7.63. The normalized spacial score (nSPS) is 12.9. The summed E-state index contributed by atoms with van der Waals surface area (Å²) in [6, 6.07) is 14.2. The summed E-state index contributed by atoms with van der Waals surface area (Å²) in [5.74, 6) is 0.106. The lowest BCUT2D eigenvalue weighted by Gasteiger charge is -2.32. The van der Waals surface area contributed by atoms with Crippen LogP contribution in [0.2, 0.25) is 0 Å². The summed E-state index contributed by atoms with van der Waals surface area (Å²) >= 11 is 0. The summed E-state index contributed by atoms with van der Waals surface area (Å²) in [5, 5.41) is 3.01. The van der Waals surface area contributed by atoms with E-state index in [-0.39, 0.29) is 30.8 Å². The molecule has 210 valence electrons. The fourth-order valence-electron chi connectivity index (χ4n) is 4.17. The van der Waals surface area contributed by atoms with Crippen molar-refractivity contribution in [2.45, 2.75) is 78.9 Å². The zero-order valence-electron chi connectivity index (χ0n) is 23.6. The molecule has 0 aliphatic rings. The van der Waals surface area contributed by atoms with Gasteiger partial charge in [-0.3, -0.25) is 13.9 Å². The van der Waals surface area contributed by atoms with E-state index < -0.39 is 16.1 Å². The topological polar surface area (TPSA) is 96.0 Å². The SMILES string of the molecule is CCOc1ccccc1N(CCCC(=O)N(Cc1ccc(C)cc1)[C@@H](CC)C(=O)N[C@@H](C)CC)S(C)(=O)=O. The van der Waals surface area contributed by atoms with Crippen LogP contribution in [0.25, 0.3) is 0 Å². The number of rotatable bonds is 15. The van der Waals surface area contributed by atoms with E-state index in [4.69, 9.17) is 4.74 Å². The molecular weight excluding hydrogens is 502 g/mol. The monoisotopic (exact) mass is 545 g/mol. The first-order valence-electron chi connectivity index (χ1n) is 13.4. The van der Waals surface area contributed by atoms with Gasteiger partial charge in [0, 0.05) is 25.6 Å². The van der Waals surface area contributed by atoms with Gasteiger partial charge in [-0.25, -0.2) is 8.42 Å². The number of nitrogens with one attached hydrogen (secondary N) is 1. The second kappa shape index (κ2) is 14.8. The molecule has 38 heavy (non-hydrogen) atoms. The van der Waals surface area contributed by atoms with E-state index in [0.29, 0.717) is 37.4 Å². The highest BCUT2D eigenvalue weighted by Crippen LogP contribution is 2.30. The van der Waals surface area contributed by atoms with Crippen LogP contribution in [0.4, 0.5) is 5.69 Å². The molecule has 0 unspecified atom stereocenters. The molecule has 2 aromatic carbocycles. The summed E-state index contributed by atoms with van der Waals surface area (Å²) in [4.78, 5) is 28.3. The van der Waals surface area contributed by atoms with Crippen LogP contribution in [0.1, 0.15) is 64.5 Å². The molecule has 0 aliphatic carbocycles. The van der Waals surface area contributed by atoms with Gasteiger partial charge in [-0.05, 0) is 57.7 Å². The predicted molar refractivity (Wildman–Crippen MR) is 153 cm³/mol. The summed E-state index contributed by atoms with van der Waals surface area (Å²) < 4.78 is 32.2. The zero-order chi connectivity index (χ0) is 28.3. The number of aryl methyl sites for hydroxylation is 1. The standard InChI is InChI=1S/C29H43N3O5S/c1-7-23(5)30-29(34)25(8-2)31(21-24-18-16-22(4)17-19-24)28(33)15-12-20-32(38(6,35)36)26-13-10-11-14-27(26)37-9-3/h10-11,13-14,16-19,23,25H,7-9,12,15,20-21H2,1-6H3,(H,30,34)/t23-,25-/m0/s1. The number of hydrogen-bond acceptors (Lipinski definition) is 5. The van der Waals surface area contributed by atoms with E-state index in [1.165, 1.54) is 4.31 Å². The Morgan fingerprint density at radius 2 is 1.66 bits per heavy atom. The van der Waals surface area contributed by atoms with Gasteiger partial charge in [0.15, 0.2) is 0 Å². The van der Waals surface area contributed by atoms with Gasteiger partial charge in [0.1, 0.15) is 11.8 Å². The summed E-state index contributed by atoms with van der Waals surface area (Å²) in [5.41, 5.74) is 2.49. The van der Waals surface area contributed by atoms with Gasteiger partial charge in [-0.2, -0.15) is 0 Å². The minimum absolute atomic E-state index is 0.00149. The summed E-state index contributed by atoms with van der Waals surface area (Å²) in [6.07, 6.45) is 2.80. The number of para-hydroxylation sites is 2. The maximum Gasteiger partial charge on any atom is 0.243 e. The highest BCUT2D eigenvalue weighted by atomic mass is 32.2. The van der Waals surface area contributed by atoms with Gasteiger partial charge in [0.05, 0.1) is 18.6 Å². The van der Waals surface area contributed by atoms with E-state index in [9.17, 15) is 18.0 Å². The van der Waals surface area contributed by atoms with Crippen LogP contribution in [0, 0.1) is 6.92 Å². The lowest BCUT2D eigenvalue weighted by molar-refractivity contribution is -0.141. The second-order valence-corrected chi connectivity index (χ2v) is 11.5. The molecule has 0 saturated heterocycles. The summed E-state index contributed by atoms with van der Waals surface area (Å²) in [7, 11) is -3.62. The maximum absolute atomic E-state index is 13.6. The van der Waals surface area contributed by atoms with Crippen LogP contribution in [-0.2, 0) is 26.2 Å². The first-order chi connectivity index (χ1) is 18.0. The molecule has 0 spiro atoms. The molecule has 0 fully saturated rings. The molecule has 2 aromatic rings. The Morgan fingerprint density at radius 1 is 1.00 bits per heavy atom. The molecule has 0 aromatic heterocycles. The van der Waals surface area contributed by atoms with Crippen LogP contribution in [0.3, 0.4) is 0 Å². The van der Waals surface area contributed by atoms with Crippen molar-refractivity contribution >= 4 is 27.5 Å². The number of sulfonamides is 1. The first-order valence-corrected chi connectivity index (χ1v) is 15.2. The smallest absolute Gasteiger partial charge is 0.243 e. The maximum atomic E-state index is 13.6. The van der Waals surface area contributed by atoms with E-state index in [1.807, 2.05) is 58.9 Å². The van der Waals surface area contributed by atoms with Crippen LogP contribution >= 0.6 is 0 Å². The van der Waals surface area contributed by atoms with Crippen LogP contribution in [-0.4, -0.2) is 56.6 Å². The lowest BCUT2D eigenvalue weighted by Crippen LogP contribution is -2.50. The fraction of sp³-hybridized carbons (Fsp3) is 0.517. The molecular formula is C29H43N3O5S. The first kappa shape index (κ1) is 31.1. The number of ether oxygens (including phenoxy) is 1. The second-order valence-electron chi connectivity index (χ2n) is 9.59. The molecule has 2 atom stereocenters. The van der Waals surface area contributed by atoms with Gasteiger partial charge < -0.3 is 15.0 Å². The van der Waals surface area contributed by atoms with Crippen molar-refractivity contribution in [2.75, 3.05) is 23.7 Å². The van der Waals surface area contributed by atoms with Gasteiger partial charge in [0.25, 0.3) is 0 Å². The molecule has 8 nitrogen and oxygen atoms in total. The van der Waals surface area contributed by atoms with Gasteiger partial charge in [-0.1, -0.05) is 55.8 Å². The highest BCUT2D eigenvalue weighted by Gasteiger charge is 2.29. The van der Waals surface area contributed by atoms with Crippen molar-refractivity contribution in [1.82, 2.24) is 10.2 Å². The van der Waals surface area contributed by atoms with Crippen molar-refractivity contribution in [1.29, 1.82) is 0 Å². The Hall–Kier alpha value is -3.07. The zero-order valence-corrected chi connectivity index (χ0v) is 24.4. The molecule has 2 amide bonds.